The van der Waals surface area contributed by atoms with Crippen molar-refractivity contribution in [3.05, 3.63) is 42.6 Å². The average Bonchev–Trinajstić information content (AvgIpc) is 3.33. The zero-order chi connectivity index (χ0) is 20.4. The Morgan fingerprint density at radius 2 is 2.03 bits per heavy atom. The number of amides is 1. The molecule has 2 N–H and O–H groups in total. The lowest BCUT2D eigenvalue weighted by atomic mass is 9.96. The van der Waals surface area contributed by atoms with Crippen LogP contribution in [0.4, 0.5) is 4.39 Å². The third-order valence-electron chi connectivity index (χ3n) is 5.55. The Morgan fingerprint density at radius 3 is 2.79 bits per heavy atom. The van der Waals surface area contributed by atoms with Crippen LogP contribution >= 0.6 is 0 Å². The molecule has 1 fully saturated rings. The van der Waals surface area contributed by atoms with Gasteiger partial charge in [-0.2, -0.15) is 5.10 Å². The number of carbonyl (C=O) groups is 2. The van der Waals surface area contributed by atoms with Gasteiger partial charge < -0.3 is 15.0 Å². The SMILES string of the molecule is O=C(O)CCC(=O)N1CCC(Cn2cc(-c3c[nH]c4cc(F)ccc34)cn2)CC1. The maximum absolute atomic E-state index is 13.4. The number of rotatable bonds is 6. The molecule has 29 heavy (non-hydrogen) atoms. The molecule has 0 radical (unpaired) electrons. The third-order valence-corrected chi connectivity index (χ3v) is 5.55. The van der Waals surface area contributed by atoms with E-state index >= 15 is 0 Å². The molecule has 0 bridgehead atoms. The molecule has 3 aromatic rings. The molecule has 0 aliphatic carbocycles. The Bertz CT molecular complexity index is 1030. The molecular weight excluding hydrogens is 375 g/mol. The number of fused-ring (bicyclic) bond motifs is 1. The fourth-order valence-electron chi connectivity index (χ4n) is 3.94. The Morgan fingerprint density at radius 1 is 1.24 bits per heavy atom. The summed E-state index contributed by atoms with van der Waals surface area (Å²) in [7, 11) is 0. The summed E-state index contributed by atoms with van der Waals surface area (Å²) < 4.78 is 15.3. The second-order valence-corrected chi connectivity index (χ2v) is 7.56. The number of halogens is 1. The van der Waals surface area contributed by atoms with E-state index in [1.807, 2.05) is 23.3 Å². The maximum atomic E-state index is 13.4. The zero-order valence-corrected chi connectivity index (χ0v) is 16.0. The van der Waals surface area contributed by atoms with Crippen molar-refractivity contribution in [2.45, 2.75) is 32.2 Å². The van der Waals surface area contributed by atoms with E-state index in [2.05, 4.69) is 10.1 Å². The standard InChI is InChI=1S/C21H23FN4O3/c22-16-1-2-17-18(11-23-19(17)9-16)15-10-24-26(13-15)12-14-5-7-25(8-6-14)20(27)3-4-21(28)29/h1-2,9-11,13-14,23H,3-8,12H2,(H,28,29). The van der Waals surface area contributed by atoms with Gasteiger partial charge in [0.15, 0.2) is 0 Å². The van der Waals surface area contributed by atoms with Crippen molar-refractivity contribution in [2.24, 2.45) is 5.92 Å². The lowest BCUT2D eigenvalue weighted by molar-refractivity contribution is -0.141. The van der Waals surface area contributed by atoms with Gasteiger partial charge in [-0.05, 0) is 37.0 Å². The summed E-state index contributed by atoms with van der Waals surface area (Å²) in [5.41, 5.74) is 2.72. The summed E-state index contributed by atoms with van der Waals surface area (Å²) >= 11 is 0. The monoisotopic (exact) mass is 398 g/mol. The minimum atomic E-state index is -0.942. The van der Waals surface area contributed by atoms with Gasteiger partial charge in [-0.15, -0.1) is 0 Å². The minimum Gasteiger partial charge on any atom is -0.481 e. The molecule has 0 saturated carbocycles. The van der Waals surface area contributed by atoms with Crippen LogP contribution in [0.2, 0.25) is 0 Å². The van der Waals surface area contributed by atoms with Crippen molar-refractivity contribution in [3.63, 3.8) is 0 Å². The molecule has 1 aliphatic rings. The van der Waals surface area contributed by atoms with Gasteiger partial charge in [0.05, 0.1) is 12.6 Å². The first-order valence-electron chi connectivity index (χ1n) is 9.78. The first kappa shape index (κ1) is 19.2. The quantitative estimate of drug-likeness (QED) is 0.667. The number of carboxylic acid groups (broad SMARTS) is 1. The van der Waals surface area contributed by atoms with E-state index in [4.69, 9.17) is 5.11 Å². The number of piperidine rings is 1. The number of nitrogens with one attached hydrogen (secondary N) is 1. The molecule has 1 aromatic carbocycles. The van der Waals surface area contributed by atoms with Crippen LogP contribution in [0.25, 0.3) is 22.0 Å². The van der Waals surface area contributed by atoms with Gasteiger partial charge in [-0.3, -0.25) is 14.3 Å². The average molecular weight is 398 g/mol. The summed E-state index contributed by atoms with van der Waals surface area (Å²) in [5.74, 6) is -0.872. The van der Waals surface area contributed by atoms with Crippen molar-refractivity contribution in [1.82, 2.24) is 19.7 Å². The van der Waals surface area contributed by atoms with E-state index in [0.29, 0.717) is 19.0 Å². The number of aromatic nitrogens is 3. The molecule has 1 saturated heterocycles. The number of aromatic amines is 1. The normalized spacial score (nSPS) is 15.1. The number of aliphatic carboxylic acids is 1. The Balaban J connectivity index is 1.35. The summed E-state index contributed by atoms with van der Waals surface area (Å²) in [5, 5.41) is 14.1. The second kappa shape index (κ2) is 8.06. The Hall–Kier alpha value is -3.16. The smallest absolute Gasteiger partial charge is 0.303 e. The van der Waals surface area contributed by atoms with Gasteiger partial charge in [0.2, 0.25) is 5.91 Å². The Labute approximate surface area is 167 Å². The number of hydrogen-bond acceptors (Lipinski definition) is 3. The molecule has 7 nitrogen and oxygen atoms in total. The number of carboxylic acids is 1. The van der Waals surface area contributed by atoms with Crippen LogP contribution in [0, 0.1) is 11.7 Å². The summed E-state index contributed by atoms with van der Waals surface area (Å²) in [4.78, 5) is 27.5. The highest BCUT2D eigenvalue weighted by Gasteiger charge is 2.23. The highest BCUT2D eigenvalue weighted by atomic mass is 19.1. The highest BCUT2D eigenvalue weighted by molar-refractivity contribution is 5.95. The van der Waals surface area contributed by atoms with E-state index in [1.165, 1.54) is 12.1 Å². The molecule has 0 atom stereocenters. The molecule has 3 heterocycles. The van der Waals surface area contributed by atoms with Gasteiger partial charge in [0.1, 0.15) is 5.82 Å². The highest BCUT2D eigenvalue weighted by Crippen LogP contribution is 2.29. The molecule has 2 aromatic heterocycles. The van der Waals surface area contributed by atoms with Crippen LogP contribution < -0.4 is 0 Å². The summed E-state index contributed by atoms with van der Waals surface area (Å²) in [6, 6.07) is 4.70. The topological polar surface area (TPSA) is 91.2 Å². The molecule has 0 spiro atoms. The first-order chi connectivity index (χ1) is 14.0. The zero-order valence-electron chi connectivity index (χ0n) is 16.0. The number of H-pyrrole nitrogens is 1. The fraction of sp³-hybridized carbons (Fsp3) is 0.381. The number of benzene rings is 1. The molecular formula is C21H23FN4O3. The van der Waals surface area contributed by atoms with Crippen molar-refractivity contribution >= 4 is 22.8 Å². The fourth-order valence-corrected chi connectivity index (χ4v) is 3.94. The molecule has 0 unspecified atom stereocenters. The largest absolute Gasteiger partial charge is 0.481 e. The van der Waals surface area contributed by atoms with E-state index in [-0.39, 0.29) is 24.6 Å². The number of likely N-dealkylation sites (tertiary alicyclic amines) is 1. The third kappa shape index (κ3) is 4.31. The lowest BCUT2D eigenvalue weighted by Gasteiger charge is -2.32. The van der Waals surface area contributed by atoms with Crippen LogP contribution in [-0.2, 0) is 16.1 Å². The van der Waals surface area contributed by atoms with Crippen LogP contribution in [0.1, 0.15) is 25.7 Å². The van der Waals surface area contributed by atoms with E-state index < -0.39 is 5.97 Å². The number of hydrogen-bond donors (Lipinski definition) is 2. The van der Waals surface area contributed by atoms with Crippen LogP contribution in [0.5, 0.6) is 0 Å². The van der Waals surface area contributed by atoms with Gasteiger partial charge in [-0.25, -0.2) is 4.39 Å². The molecule has 8 heteroatoms. The van der Waals surface area contributed by atoms with Crippen LogP contribution in [0.3, 0.4) is 0 Å². The van der Waals surface area contributed by atoms with Gasteiger partial charge in [-0.1, -0.05) is 0 Å². The predicted octanol–water partition coefficient (Wildman–Crippen LogP) is 3.27. The van der Waals surface area contributed by atoms with Crippen LogP contribution in [-0.4, -0.2) is 49.7 Å². The van der Waals surface area contributed by atoms with Gasteiger partial charge >= 0.3 is 5.97 Å². The molecule has 4 rings (SSSR count). The van der Waals surface area contributed by atoms with E-state index in [9.17, 15) is 14.0 Å². The molecule has 1 aliphatic heterocycles. The number of carbonyl (C=O) groups excluding carboxylic acids is 1. The van der Waals surface area contributed by atoms with Gasteiger partial charge in [0.25, 0.3) is 0 Å². The predicted molar refractivity (Wildman–Crippen MR) is 106 cm³/mol. The van der Waals surface area contributed by atoms with E-state index in [1.54, 1.807) is 11.0 Å². The van der Waals surface area contributed by atoms with Gasteiger partial charge in [0, 0.05) is 60.5 Å². The number of nitrogens with zero attached hydrogens (tertiary/aromatic N) is 3. The van der Waals surface area contributed by atoms with Crippen molar-refractivity contribution in [3.8, 4) is 11.1 Å². The minimum absolute atomic E-state index is 0.0665. The Kier molecular flexibility index (Phi) is 5.33. The first-order valence-corrected chi connectivity index (χ1v) is 9.78. The maximum Gasteiger partial charge on any atom is 0.303 e. The second-order valence-electron chi connectivity index (χ2n) is 7.56. The van der Waals surface area contributed by atoms with Crippen molar-refractivity contribution < 1.29 is 19.1 Å². The summed E-state index contributed by atoms with van der Waals surface area (Å²) in [6.07, 6.45) is 7.38. The summed E-state index contributed by atoms with van der Waals surface area (Å²) in [6.45, 7) is 2.09. The van der Waals surface area contributed by atoms with Crippen LogP contribution in [0.15, 0.2) is 36.8 Å². The van der Waals surface area contributed by atoms with E-state index in [0.717, 1.165) is 41.4 Å². The van der Waals surface area contributed by atoms with Crippen molar-refractivity contribution in [2.75, 3.05) is 13.1 Å². The molecule has 152 valence electrons. The lowest BCUT2D eigenvalue weighted by Crippen LogP contribution is -2.39. The molecule has 1 amide bonds. The van der Waals surface area contributed by atoms with Crippen molar-refractivity contribution in [1.29, 1.82) is 0 Å².